The molecule has 1 atom stereocenters. The van der Waals surface area contributed by atoms with Crippen molar-refractivity contribution in [3.8, 4) is 0 Å². The van der Waals surface area contributed by atoms with Gasteiger partial charge < -0.3 is 5.32 Å². The summed E-state index contributed by atoms with van der Waals surface area (Å²) >= 11 is 0. The summed E-state index contributed by atoms with van der Waals surface area (Å²) < 4.78 is 0. The zero-order valence-electron chi connectivity index (χ0n) is 6.60. The van der Waals surface area contributed by atoms with Crippen molar-refractivity contribution in [1.82, 2.24) is 10.7 Å². The number of hydrogen-bond donors (Lipinski definition) is 3. The molecule has 0 radical (unpaired) electrons. The SMILES string of the molecule is NNC(=O)CC1CCCNC1. The Morgan fingerprint density at radius 3 is 3.09 bits per heavy atom. The molecular formula is C7H15N3O. The van der Waals surface area contributed by atoms with Crippen LogP contribution in [0.1, 0.15) is 19.3 Å². The Hall–Kier alpha value is -0.610. The number of hydrazine groups is 1. The lowest BCUT2D eigenvalue weighted by Crippen LogP contribution is -2.36. The highest BCUT2D eigenvalue weighted by Gasteiger charge is 2.15. The topological polar surface area (TPSA) is 67.1 Å². The molecule has 0 aromatic heterocycles. The third-order valence-corrected chi connectivity index (χ3v) is 2.03. The van der Waals surface area contributed by atoms with Gasteiger partial charge in [0.2, 0.25) is 5.91 Å². The average molecular weight is 157 g/mol. The van der Waals surface area contributed by atoms with Crippen LogP contribution in [0.25, 0.3) is 0 Å². The van der Waals surface area contributed by atoms with Crippen molar-refractivity contribution in [2.24, 2.45) is 11.8 Å². The van der Waals surface area contributed by atoms with Gasteiger partial charge in [0.05, 0.1) is 0 Å². The average Bonchev–Trinajstić information content (AvgIpc) is 2.06. The monoisotopic (exact) mass is 157 g/mol. The Bertz CT molecular complexity index is 132. The molecule has 4 N–H and O–H groups in total. The lowest BCUT2D eigenvalue weighted by atomic mass is 9.96. The number of nitrogens with one attached hydrogen (secondary N) is 2. The van der Waals surface area contributed by atoms with Crippen LogP contribution in [-0.2, 0) is 4.79 Å². The van der Waals surface area contributed by atoms with Gasteiger partial charge in [0, 0.05) is 6.42 Å². The molecule has 1 fully saturated rings. The van der Waals surface area contributed by atoms with E-state index in [9.17, 15) is 4.79 Å². The van der Waals surface area contributed by atoms with Crippen molar-refractivity contribution in [2.45, 2.75) is 19.3 Å². The summed E-state index contributed by atoms with van der Waals surface area (Å²) in [5, 5.41) is 3.24. The van der Waals surface area contributed by atoms with Crippen LogP contribution in [0.2, 0.25) is 0 Å². The van der Waals surface area contributed by atoms with E-state index in [1.165, 1.54) is 6.42 Å². The summed E-state index contributed by atoms with van der Waals surface area (Å²) in [6.45, 7) is 2.04. The Labute approximate surface area is 66.5 Å². The second kappa shape index (κ2) is 4.31. The molecule has 1 aliphatic heterocycles. The normalized spacial score (nSPS) is 24.6. The fraction of sp³-hybridized carbons (Fsp3) is 0.857. The predicted octanol–water partition coefficient (Wildman–Crippen LogP) is -0.634. The van der Waals surface area contributed by atoms with Crippen LogP contribution in [0.15, 0.2) is 0 Å². The minimum atomic E-state index is -0.0568. The standard InChI is InChI=1S/C7H15N3O/c8-10-7(11)4-6-2-1-3-9-5-6/h6,9H,1-5,8H2,(H,10,11). The van der Waals surface area contributed by atoms with E-state index in [0.29, 0.717) is 12.3 Å². The first-order chi connectivity index (χ1) is 5.33. The predicted molar refractivity (Wildman–Crippen MR) is 42.5 cm³/mol. The van der Waals surface area contributed by atoms with Crippen LogP contribution in [0.3, 0.4) is 0 Å². The number of carbonyl (C=O) groups is 1. The second-order valence-corrected chi connectivity index (χ2v) is 2.98. The summed E-state index contributed by atoms with van der Waals surface area (Å²) in [7, 11) is 0. The molecule has 11 heavy (non-hydrogen) atoms. The third kappa shape index (κ3) is 2.86. The molecule has 1 aliphatic rings. The van der Waals surface area contributed by atoms with Crippen LogP contribution in [-0.4, -0.2) is 19.0 Å². The highest BCUT2D eigenvalue weighted by molar-refractivity contribution is 5.75. The number of rotatable bonds is 2. The van der Waals surface area contributed by atoms with Gasteiger partial charge in [0.1, 0.15) is 0 Å². The van der Waals surface area contributed by atoms with Gasteiger partial charge in [-0.15, -0.1) is 0 Å². The van der Waals surface area contributed by atoms with Gasteiger partial charge in [-0.25, -0.2) is 5.84 Å². The lowest BCUT2D eigenvalue weighted by molar-refractivity contribution is -0.122. The molecule has 0 bridgehead atoms. The van der Waals surface area contributed by atoms with Crippen molar-refractivity contribution in [3.63, 3.8) is 0 Å². The summed E-state index contributed by atoms with van der Waals surface area (Å²) in [5.74, 6) is 5.39. The molecule has 1 amide bonds. The van der Waals surface area contributed by atoms with Crippen molar-refractivity contribution in [1.29, 1.82) is 0 Å². The van der Waals surface area contributed by atoms with E-state index >= 15 is 0 Å². The maximum absolute atomic E-state index is 10.8. The van der Waals surface area contributed by atoms with Gasteiger partial charge in [0.25, 0.3) is 0 Å². The smallest absolute Gasteiger partial charge is 0.234 e. The quantitative estimate of drug-likeness (QED) is 0.284. The van der Waals surface area contributed by atoms with E-state index in [1.54, 1.807) is 0 Å². The number of carbonyl (C=O) groups excluding carboxylic acids is 1. The van der Waals surface area contributed by atoms with Crippen LogP contribution in [0.4, 0.5) is 0 Å². The first-order valence-corrected chi connectivity index (χ1v) is 4.03. The third-order valence-electron chi connectivity index (χ3n) is 2.03. The zero-order valence-corrected chi connectivity index (χ0v) is 6.60. The highest BCUT2D eigenvalue weighted by Crippen LogP contribution is 2.12. The minimum Gasteiger partial charge on any atom is -0.316 e. The number of nitrogens with two attached hydrogens (primary N) is 1. The molecule has 64 valence electrons. The largest absolute Gasteiger partial charge is 0.316 e. The number of piperidine rings is 1. The Kier molecular flexibility index (Phi) is 3.32. The van der Waals surface area contributed by atoms with Gasteiger partial charge in [0.15, 0.2) is 0 Å². The van der Waals surface area contributed by atoms with Gasteiger partial charge in [-0.3, -0.25) is 10.2 Å². The van der Waals surface area contributed by atoms with E-state index in [0.717, 1.165) is 19.5 Å². The van der Waals surface area contributed by atoms with Gasteiger partial charge in [-0.1, -0.05) is 0 Å². The maximum atomic E-state index is 10.8. The molecule has 0 aromatic carbocycles. The van der Waals surface area contributed by atoms with E-state index in [4.69, 9.17) is 5.84 Å². The van der Waals surface area contributed by atoms with Gasteiger partial charge in [-0.2, -0.15) is 0 Å². The number of amides is 1. The first kappa shape index (κ1) is 8.49. The van der Waals surface area contributed by atoms with Crippen molar-refractivity contribution < 1.29 is 4.79 Å². The zero-order chi connectivity index (χ0) is 8.10. The van der Waals surface area contributed by atoms with Crippen LogP contribution in [0.5, 0.6) is 0 Å². The molecule has 4 nitrogen and oxygen atoms in total. The summed E-state index contributed by atoms with van der Waals surface area (Å²) in [4.78, 5) is 10.8. The summed E-state index contributed by atoms with van der Waals surface area (Å²) in [5.41, 5.74) is 2.15. The number of hydrogen-bond acceptors (Lipinski definition) is 3. The summed E-state index contributed by atoms with van der Waals surface area (Å²) in [6, 6.07) is 0. The van der Waals surface area contributed by atoms with Gasteiger partial charge >= 0.3 is 0 Å². The Morgan fingerprint density at radius 1 is 1.73 bits per heavy atom. The van der Waals surface area contributed by atoms with E-state index in [2.05, 4.69) is 10.7 Å². The molecule has 4 heteroatoms. The molecule has 0 spiro atoms. The van der Waals surface area contributed by atoms with Crippen molar-refractivity contribution in [3.05, 3.63) is 0 Å². The van der Waals surface area contributed by atoms with Crippen LogP contribution in [0, 0.1) is 5.92 Å². The Morgan fingerprint density at radius 2 is 2.55 bits per heavy atom. The maximum Gasteiger partial charge on any atom is 0.234 e. The Balaban J connectivity index is 2.19. The minimum absolute atomic E-state index is 0.0568. The highest BCUT2D eigenvalue weighted by atomic mass is 16.2. The fourth-order valence-corrected chi connectivity index (χ4v) is 1.42. The molecule has 1 saturated heterocycles. The van der Waals surface area contributed by atoms with Crippen molar-refractivity contribution >= 4 is 5.91 Å². The summed E-state index contributed by atoms with van der Waals surface area (Å²) in [6.07, 6.45) is 2.87. The van der Waals surface area contributed by atoms with E-state index < -0.39 is 0 Å². The van der Waals surface area contributed by atoms with E-state index in [-0.39, 0.29) is 5.91 Å². The van der Waals surface area contributed by atoms with Crippen molar-refractivity contribution in [2.75, 3.05) is 13.1 Å². The van der Waals surface area contributed by atoms with Gasteiger partial charge in [-0.05, 0) is 31.8 Å². The molecule has 1 rings (SSSR count). The second-order valence-electron chi connectivity index (χ2n) is 2.98. The molecular weight excluding hydrogens is 142 g/mol. The molecule has 0 saturated carbocycles. The van der Waals surface area contributed by atoms with Crippen LogP contribution >= 0.6 is 0 Å². The van der Waals surface area contributed by atoms with E-state index in [1.807, 2.05) is 0 Å². The fourth-order valence-electron chi connectivity index (χ4n) is 1.42. The molecule has 1 unspecified atom stereocenters. The molecule has 1 heterocycles. The lowest BCUT2D eigenvalue weighted by Gasteiger charge is -2.21. The first-order valence-electron chi connectivity index (χ1n) is 4.03. The van der Waals surface area contributed by atoms with Crippen LogP contribution < -0.4 is 16.6 Å². The molecule has 0 aliphatic carbocycles. The molecule has 0 aromatic rings.